The van der Waals surface area contributed by atoms with E-state index >= 15 is 0 Å². The second-order valence-corrected chi connectivity index (χ2v) is 7.80. The van der Waals surface area contributed by atoms with Crippen molar-refractivity contribution in [2.24, 2.45) is 11.7 Å². The molecule has 3 atom stereocenters. The number of hydrogen-bond acceptors (Lipinski definition) is 4. The highest BCUT2D eigenvalue weighted by Gasteiger charge is 2.28. The third-order valence-corrected chi connectivity index (χ3v) is 4.75. The van der Waals surface area contributed by atoms with Gasteiger partial charge in [0, 0.05) is 25.4 Å². The molecule has 1 aromatic rings. The van der Waals surface area contributed by atoms with Crippen molar-refractivity contribution < 1.29 is 13.2 Å². The van der Waals surface area contributed by atoms with Crippen LogP contribution in [0.2, 0.25) is 0 Å². The molecule has 0 radical (unpaired) electrons. The van der Waals surface area contributed by atoms with Crippen LogP contribution in [0, 0.1) is 5.92 Å². The number of sulfone groups is 1. The van der Waals surface area contributed by atoms with Gasteiger partial charge in [0.2, 0.25) is 5.91 Å². The summed E-state index contributed by atoms with van der Waals surface area (Å²) >= 11 is 0. The first-order valence-corrected chi connectivity index (χ1v) is 8.94. The first-order chi connectivity index (χ1) is 9.63. The number of carbonyl (C=O) groups excluding carboxylic acids is 1. The molecule has 3 unspecified atom stereocenters. The van der Waals surface area contributed by atoms with Crippen LogP contribution in [0.15, 0.2) is 30.3 Å². The Morgan fingerprint density at radius 2 is 1.73 bits per heavy atom. The molecule has 0 aromatic heterocycles. The lowest BCUT2D eigenvalue weighted by molar-refractivity contribution is -0.135. The van der Waals surface area contributed by atoms with Crippen LogP contribution in [-0.2, 0) is 14.6 Å². The van der Waals surface area contributed by atoms with Crippen molar-refractivity contribution in [3.63, 3.8) is 0 Å². The van der Waals surface area contributed by atoms with Crippen molar-refractivity contribution in [2.75, 3.05) is 19.1 Å². The van der Waals surface area contributed by atoms with Gasteiger partial charge in [0.25, 0.3) is 0 Å². The number of halogens is 1. The molecule has 0 aliphatic rings. The smallest absolute Gasteiger partial charge is 0.227 e. The van der Waals surface area contributed by atoms with E-state index in [2.05, 4.69) is 0 Å². The predicted molar refractivity (Wildman–Crippen MR) is 91.7 cm³/mol. The van der Waals surface area contributed by atoms with Crippen LogP contribution in [0.25, 0.3) is 0 Å². The fourth-order valence-electron chi connectivity index (χ4n) is 2.21. The lowest BCUT2D eigenvalue weighted by Crippen LogP contribution is -2.44. The number of rotatable bonds is 6. The highest BCUT2D eigenvalue weighted by molar-refractivity contribution is 7.90. The SMILES string of the molecule is CC(C(=O)N(C)C(C)CS(C)(=O)=O)C(N)c1ccccc1.Cl. The zero-order chi connectivity index (χ0) is 16.2. The van der Waals surface area contributed by atoms with Gasteiger partial charge in [0.15, 0.2) is 0 Å². The molecule has 0 spiro atoms. The molecular weight excluding hydrogens is 324 g/mol. The Morgan fingerprint density at radius 3 is 2.18 bits per heavy atom. The minimum Gasteiger partial charge on any atom is -0.342 e. The van der Waals surface area contributed by atoms with Crippen molar-refractivity contribution in [1.82, 2.24) is 4.90 Å². The second-order valence-electron chi connectivity index (χ2n) is 5.62. The molecule has 0 saturated carbocycles. The Morgan fingerprint density at radius 1 is 1.23 bits per heavy atom. The van der Waals surface area contributed by atoms with E-state index in [9.17, 15) is 13.2 Å². The van der Waals surface area contributed by atoms with E-state index in [4.69, 9.17) is 5.73 Å². The fourth-order valence-corrected chi connectivity index (χ4v) is 3.31. The molecule has 2 N–H and O–H groups in total. The second kappa shape index (κ2) is 8.50. The molecular formula is C15H25ClN2O3S. The van der Waals surface area contributed by atoms with Crippen molar-refractivity contribution in [3.8, 4) is 0 Å². The molecule has 0 aliphatic heterocycles. The van der Waals surface area contributed by atoms with Crippen molar-refractivity contribution in [3.05, 3.63) is 35.9 Å². The largest absolute Gasteiger partial charge is 0.342 e. The minimum atomic E-state index is -3.13. The third-order valence-electron chi connectivity index (χ3n) is 3.67. The van der Waals surface area contributed by atoms with E-state index in [-0.39, 0.29) is 30.1 Å². The molecule has 22 heavy (non-hydrogen) atoms. The molecule has 0 bridgehead atoms. The van der Waals surface area contributed by atoms with Crippen LogP contribution in [0.5, 0.6) is 0 Å². The summed E-state index contributed by atoms with van der Waals surface area (Å²) in [5.41, 5.74) is 7.03. The quantitative estimate of drug-likeness (QED) is 0.847. The standard InChI is InChI=1S/C15H24N2O3S.ClH/c1-11(10-21(4,19)20)17(3)15(18)12(2)14(16)13-8-6-5-7-9-13;/h5-9,11-12,14H,10,16H2,1-4H3;1H. The first kappa shape index (κ1) is 20.9. The zero-order valence-electron chi connectivity index (χ0n) is 13.4. The van der Waals surface area contributed by atoms with E-state index in [1.54, 1.807) is 20.9 Å². The van der Waals surface area contributed by atoms with Gasteiger partial charge >= 0.3 is 0 Å². The Kier molecular flexibility index (Phi) is 8.07. The zero-order valence-corrected chi connectivity index (χ0v) is 15.0. The van der Waals surface area contributed by atoms with Gasteiger partial charge in [-0.15, -0.1) is 12.4 Å². The molecule has 0 fully saturated rings. The Hall–Kier alpha value is -1.11. The van der Waals surface area contributed by atoms with Crippen molar-refractivity contribution in [2.45, 2.75) is 25.9 Å². The number of benzene rings is 1. The summed E-state index contributed by atoms with van der Waals surface area (Å²) in [5, 5.41) is 0. The highest BCUT2D eigenvalue weighted by atomic mass is 35.5. The van der Waals surface area contributed by atoms with Crippen molar-refractivity contribution in [1.29, 1.82) is 0 Å². The van der Waals surface area contributed by atoms with E-state index < -0.39 is 21.8 Å². The van der Waals surface area contributed by atoms with Gasteiger partial charge in [-0.2, -0.15) is 0 Å². The Balaban J connectivity index is 0.00000441. The molecule has 7 heteroatoms. The van der Waals surface area contributed by atoms with E-state index in [1.165, 1.54) is 11.2 Å². The van der Waals surface area contributed by atoms with Crippen molar-refractivity contribution >= 4 is 28.2 Å². The summed E-state index contributed by atoms with van der Waals surface area (Å²) < 4.78 is 22.7. The highest BCUT2D eigenvalue weighted by Crippen LogP contribution is 2.21. The Labute approximate surface area is 139 Å². The lowest BCUT2D eigenvalue weighted by atomic mass is 9.94. The van der Waals surface area contributed by atoms with Crippen LogP contribution in [0.3, 0.4) is 0 Å². The van der Waals surface area contributed by atoms with Gasteiger partial charge in [-0.25, -0.2) is 8.42 Å². The molecule has 1 amide bonds. The summed E-state index contributed by atoms with van der Waals surface area (Å²) in [4.78, 5) is 13.9. The number of hydrogen-bond donors (Lipinski definition) is 1. The number of amides is 1. The average Bonchev–Trinajstić information content (AvgIpc) is 2.43. The topological polar surface area (TPSA) is 80.5 Å². The van der Waals surface area contributed by atoms with Gasteiger partial charge in [-0.1, -0.05) is 37.3 Å². The number of nitrogens with two attached hydrogens (primary N) is 1. The van der Waals surface area contributed by atoms with Crippen LogP contribution in [0.1, 0.15) is 25.5 Å². The van der Waals surface area contributed by atoms with Crippen LogP contribution in [0.4, 0.5) is 0 Å². The number of carbonyl (C=O) groups is 1. The maximum atomic E-state index is 12.4. The van der Waals surface area contributed by atoms with Crippen LogP contribution >= 0.6 is 12.4 Å². The summed E-state index contributed by atoms with van der Waals surface area (Å²) in [6.45, 7) is 3.49. The summed E-state index contributed by atoms with van der Waals surface area (Å²) in [5.74, 6) is -0.621. The molecule has 126 valence electrons. The fraction of sp³-hybridized carbons (Fsp3) is 0.533. The molecule has 1 rings (SSSR count). The minimum absolute atomic E-state index is 0. The first-order valence-electron chi connectivity index (χ1n) is 6.88. The Bertz CT molecular complexity index is 578. The number of nitrogens with zero attached hydrogens (tertiary/aromatic N) is 1. The molecule has 0 heterocycles. The van der Waals surface area contributed by atoms with Gasteiger partial charge < -0.3 is 10.6 Å². The lowest BCUT2D eigenvalue weighted by Gasteiger charge is -2.29. The normalized spacial score (nSPS) is 15.3. The molecule has 0 saturated heterocycles. The maximum absolute atomic E-state index is 12.4. The summed E-state index contributed by atoms with van der Waals surface area (Å²) in [7, 11) is -1.51. The van der Waals surface area contributed by atoms with Crippen LogP contribution < -0.4 is 5.73 Å². The van der Waals surface area contributed by atoms with Gasteiger partial charge in [0.05, 0.1) is 11.7 Å². The van der Waals surface area contributed by atoms with Gasteiger partial charge in [0.1, 0.15) is 9.84 Å². The molecule has 0 aliphatic carbocycles. The molecule has 1 aromatic carbocycles. The summed E-state index contributed by atoms with van der Waals surface area (Å²) in [6.07, 6.45) is 1.17. The van der Waals surface area contributed by atoms with Gasteiger partial charge in [-0.05, 0) is 12.5 Å². The van der Waals surface area contributed by atoms with Crippen LogP contribution in [-0.4, -0.2) is 44.3 Å². The van der Waals surface area contributed by atoms with E-state index in [0.717, 1.165) is 5.56 Å². The third kappa shape index (κ3) is 5.94. The maximum Gasteiger partial charge on any atom is 0.227 e. The van der Waals surface area contributed by atoms with Gasteiger partial charge in [-0.3, -0.25) is 4.79 Å². The molecule has 5 nitrogen and oxygen atoms in total. The summed E-state index contributed by atoms with van der Waals surface area (Å²) in [6, 6.07) is 8.63. The predicted octanol–water partition coefficient (Wildman–Crippen LogP) is 1.64. The van der Waals surface area contributed by atoms with E-state index in [0.29, 0.717) is 0 Å². The van der Waals surface area contributed by atoms with E-state index in [1.807, 2.05) is 30.3 Å². The average molecular weight is 349 g/mol. The monoisotopic (exact) mass is 348 g/mol.